The van der Waals surface area contributed by atoms with Gasteiger partial charge < -0.3 is 5.32 Å². The molecule has 100 valence electrons. The number of benzene rings is 1. The smallest absolute Gasteiger partial charge is 0.264 e. The first kappa shape index (κ1) is 12.3. The molecule has 1 aromatic carbocycles. The van der Waals surface area contributed by atoms with E-state index in [4.69, 9.17) is 0 Å². The van der Waals surface area contributed by atoms with Crippen molar-refractivity contribution >= 4 is 10.9 Å². The normalized spacial score (nSPS) is 19.1. The average Bonchev–Trinajstić information content (AvgIpc) is 2.91. The van der Waals surface area contributed by atoms with Crippen LogP contribution in [0.2, 0.25) is 0 Å². The summed E-state index contributed by atoms with van der Waals surface area (Å²) in [5, 5.41) is 3.47. The first-order valence-electron chi connectivity index (χ1n) is 6.63. The van der Waals surface area contributed by atoms with Crippen LogP contribution in [0.1, 0.15) is 19.3 Å². The predicted octanol–water partition coefficient (Wildman–Crippen LogP) is 1.68. The second-order valence-corrected chi connectivity index (χ2v) is 4.96. The molecule has 0 unspecified atom stereocenters. The van der Waals surface area contributed by atoms with Crippen molar-refractivity contribution in [1.29, 1.82) is 0 Å². The Morgan fingerprint density at radius 2 is 2.37 bits per heavy atom. The van der Waals surface area contributed by atoms with E-state index in [9.17, 15) is 9.18 Å². The van der Waals surface area contributed by atoms with Crippen molar-refractivity contribution in [2.45, 2.75) is 31.8 Å². The Hall–Kier alpha value is -1.75. The van der Waals surface area contributed by atoms with Crippen LogP contribution in [0.5, 0.6) is 0 Å². The number of rotatable bonds is 3. The van der Waals surface area contributed by atoms with E-state index in [0.717, 1.165) is 19.4 Å². The van der Waals surface area contributed by atoms with E-state index in [1.54, 1.807) is 12.1 Å². The number of hydrogen-bond acceptors (Lipinski definition) is 3. The predicted molar refractivity (Wildman–Crippen MR) is 71.6 cm³/mol. The zero-order valence-electron chi connectivity index (χ0n) is 10.6. The number of hydrogen-bond donors (Lipinski definition) is 1. The van der Waals surface area contributed by atoms with Crippen molar-refractivity contribution in [2.24, 2.45) is 0 Å². The second kappa shape index (κ2) is 5.09. The first-order valence-corrected chi connectivity index (χ1v) is 6.63. The van der Waals surface area contributed by atoms with Gasteiger partial charge in [0.1, 0.15) is 11.2 Å². The van der Waals surface area contributed by atoms with Crippen LogP contribution in [0.4, 0.5) is 4.39 Å². The van der Waals surface area contributed by atoms with E-state index in [1.807, 2.05) is 0 Å². The van der Waals surface area contributed by atoms with Gasteiger partial charge in [-0.3, -0.25) is 9.36 Å². The molecule has 2 aromatic rings. The van der Waals surface area contributed by atoms with Gasteiger partial charge in [0, 0.05) is 12.6 Å². The molecule has 1 aromatic heterocycles. The topological polar surface area (TPSA) is 46.9 Å². The number of nitrogens with one attached hydrogen (secondary N) is 1. The SMILES string of the molecule is O=c1c2c(F)cccc2ncn1CC[C@@H]1CCCN1. The summed E-state index contributed by atoms with van der Waals surface area (Å²) in [7, 11) is 0. The molecular weight excluding hydrogens is 245 g/mol. The Labute approximate surface area is 110 Å². The summed E-state index contributed by atoms with van der Waals surface area (Å²) in [6, 6.07) is 4.98. The highest BCUT2D eigenvalue weighted by atomic mass is 19.1. The van der Waals surface area contributed by atoms with Crippen molar-refractivity contribution < 1.29 is 4.39 Å². The fourth-order valence-electron chi connectivity index (χ4n) is 2.62. The summed E-state index contributed by atoms with van der Waals surface area (Å²) in [5.74, 6) is -0.497. The van der Waals surface area contributed by atoms with E-state index < -0.39 is 5.82 Å². The lowest BCUT2D eigenvalue weighted by Crippen LogP contribution is -2.27. The van der Waals surface area contributed by atoms with E-state index >= 15 is 0 Å². The lowest BCUT2D eigenvalue weighted by atomic mass is 10.1. The molecule has 1 fully saturated rings. The third kappa shape index (κ3) is 2.38. The van der Waals surface area contributed by atoms with Crippen molar-refractivity contribution in [1.82, 2.24) is 14.9 Å². The Kier molecular flexibility index (Phi) is 3.29. The van der Waals surface area contributed by atoms with Crippen LogP contribution >= 0.6 is 0 Å². The average molecular weight is 261 g/mol. The lowest BCUT2D eigenvalue weighted by molar-refractivity contribution is 0.496. The largest absolute Gasteiger partial charge is 0.314 e. The number of aromatic nitrogens is 2. The van der Waals surface area contributed by atoms with E-state index in [0.29, 0.717) is 18.1 Å². The second-order valence-electron chi connectivity index (χ2n) is 4.96. The summed E-state index contributed by atoms with van der Waals surface area (Å²) >= 11 is 0. The van der Waals surface area contributed by atoms with Crippen molar-refractivity contribution in [3.05, 3.63) is 40.7 Å². The van der Waals surface area contributed by atoms with Gasteiger partial charge in [-0.25, -0.2) is 9.37 Å². The van der Waals surface area contributed by atoms with Gasteiger partial charge in [0.15, 0.2) is 0 Å². The van der Waals surface area contributed by atoms with Crippen molar-refractivity contribution in [3.8, 4) is 0 Å². The molecule has 0 aliphatic carbocycles. The van der Waals surface area contributed by atoms with Crippen molar-refractivity contribution in [2.75, 3.05) is 6.54 Å². The molecule has 1 atom stereocenters. The Morgan fingerprint density at radius 1 is 1.47 bits per heavy atom. The molecule has 5 heteroatoms. The molecule has 1 saturated heterocycles. The number of nitrogens with zero attached hydrogens (tertiary/aromatic N) is 2. The maximum Gasteiger partial charge on any atom is 0.264 e. The van der Waals surface area contributed by atoms with Gasteiger partial charge in [-0.05, 0) is 37.9 Å². The van der Waals surface area contributed by atoms with Gasteiger partial charge in [-0.2, -0.15) is 0 Å². The third-order valence-electron chi connectivity index (χ3n) is 3.68. The van der Waals surface area contributed by atoms with Crippen molar-refractivity contribution in [3.63, 3.8) is 0 Å². The number of aryl methyl sites for hydroxylation is 1. The van der Waals surface area contributed by atoms with E-state index in [2.05, 4.69) is 10.3 Å². The van der Waals surface area contributed by atoms with Crippen LogP contribution in [-0.2, 0) is 6.54 Å². The summed E-state index contributed by atoms with van der Waals surface area (Å²) in [5.41, 5.74) is 0.126. The molecule has 0 spiro atoms. The molecule has 19 heavy (non-hydrogen) atoms. The van der Waals surface area contributed by atoms with Gasteiger partial charge >= 0.3 is 0 Å². The molecule has 1 aliphatic rings. The van der Waals surface area contributed by atoms with Gasteiger partial charge in [-0.15, -0.1) is 0 Å². The minimum Gasteiger partial charge on any atom is -0.314 e. The highest BCUT2D eigenvalue weighted by Gasteiger charge is 2.15. The molecular formula is C14H16FN3O. The summed E-state index contributed by atoms with van der Waals surface area (Å²) in [4.78, 5) is 16.4. The monoisotopic (exact) mass is 261 g/mol. The quantitative estimate of drug-likeness (QED) is 0.914. The number of fused-ring (bicyclic) bond motifs is 1. The molecule has 0 amide bonds. The van der Waals surface area contributed by atoms with Crippen LogP contribution in [0.25, 0.3) is 10.9 Å². The van der Waals surface area contributed by atoms with Gasteiger partial charge in [0.05, 0.1) is 11.8 Å². The van der Waals surface area contributed by atoms with Gasteiger partial charge in [0.2, 0.25) is 0 Å². The van der Waals surface area contributed by atoms with Crippen LogP contribution in [0.15, 0.2) is 29.3 Å². The van der Waals surface area contributed by atoms with E-state index in [-0.39, 0.29) is 10.9 Å². The summed E-state index contributed by atoms with van der Waals surface area (Å²) in [6.07, 6.45) is 4.72. The van der Waals surface area contributed by atoms with Gasteiger partial charge in [-0.1, -0.05) is 6.07 Å². The molecule has 0 radical (unpaired) electrons. The highest BCUT2D eigenvalue weighted by Crippen LogP contribution is 2.12. The maximum atomic E-state index is 13.7. The van der Waals surface area contributed by atoms with Crippen LogP contribution in [0, 0.1) is 5.82 Å². The zero-order chi connectivity index (χ0) is 13.2. The Balaban J connectivity index is 1.89. The standard InChI is InChI=1S/C14H16FN3O/c15-11-4-1-5-12-13(11)14(19)18(9-17-12)8-6-10-3-2-7-16-10/h1,4-5,9-10,16H,2-3,6-8H2/t10-/m0/s1. The fourth-order valence-corrected chi connectivity index (χ4v) is 2.62. The Morgan fingerprint density at radius 3 is 3.16 bits per heavy atom. The van der Waals surface area contributed by atoms with Crippen LogP contribution in [0.3, 0.4) is 0 Å². The maximum absolute atomic E-state index is 13.7. The molecule has 1 aliphatic heterocycles. The minimum absolute atomic E-state index is 0.0874. The highest BCUT2D eigenvalue weighted by molar-refractivity contribution is 5.77. The molecule has 4 nitrogen and oxygen atoms in total. The van der Waals surface area contributed by atoms with Gasteiger partial charge in [0.25, 0.3) is 5.56 Å². The molecule has 0 bridgehead atoms. The zero-order valence-corrected chi connectivity index (χ0v) is 10.6. The minimum atomic E-state index is -0.497. The Bertz CT molecular complexity index is 647. The van der Waals surface area contributed by atoms with Crippen LogP contribution < -0.4 is 10.9 Å². The molecule has 2 heterocycles. The number of halogens is 1. The molecule has 0 saturated carbocycles. The first-order chi connectivity index (χ1) is 9.25. The summed E-state index contributed by atoms with van der Waals surface area (Å²) < 4.78 is 15.2. The van der Waals surface area contributed by atoms with E-state index in [1.165, 1.54) is 23.4 Å². The molecule has 3 rings (SSSR count). The third-order valence-corrected chi connectivity index (χ3v) is 3.68. The molecule has 1 N–H and O–H groups in total. The fraction of sp³-hybridized carbons (Fsp3) is 0.429. The summed E-state index contributed by atoms with van der Waals surface area (Å²) in [6.45, 7) is 1.62. The lowest BCUT2D eigenvalue weighted by Gasteiger charge is -2.11. The van der Waals surface area contributed by atoms with Crippen LogP contribution in [-0.4, -0.2) is 22.1 Å².